The lowest BCUT2D eigenvalue weighted by atomic mass is 10.2. The Hall–Kier alpha value is -1.79. The molecule has 1 aromatic rings. The molecule has 0 radical (unpaired) electrons. The number of halogens is 3. The number of pyridine rings is 1. The maximum atomic E-state index is 12.0. The first-order valence-electron chi connectivity index (χ1n) is 4.14. The Morgan fingerprint density at radius 3 is 2.50 bits per heavy atom. The molecule has 0 spiro atoms. The van der Waals surface area contributed by atoms with Crippen molar-refractivity contribution in [1.29, 1.82) is 0 Å². The number of rotatable bonds is 3. The van der Waals surface area contributed by atoms with Gasteiger partial charge in [0.2, 0.25) is 5.88 Å². The van der Waals surface area contributed by atoms with E-state index in [-0.39, 0.29) is 17.7 Å². The maximum Gasteiger partial charge on any atom is 0.573 e. The first kappa shape index (κ1) is 12.3. The van der Waals surface area contributed by atoms with E-state index >= 15 is 0 Å². The average Bonchev–Trinajstić information content (AvgIpc) is 2.19. The van der Waals surface area contributed by atoms with E-state index in [9.17, 15) is 18.0 Å². The molecule has 0 saturated carbocycles. The third-order valence-electron chi connectivity index (χ3n) is 1.70. The Kier molecular flexibility index (Phi) is 3.36. The van der Waals surface area contributed by atoms with Crippen molar-refractivity contribution in [2.45, 2.75) is 13.3 Å². The number of carbonyl (C=O) groups excluding carboxylic acids is 1. The van der Waals surface area contributed by atoms with Gasteiger partial charge in [-0.1, -0.05) is 0 Å². The molecule has 0 aromatic carbocycles. The lowest BCUT2D eigenvalue weighted by molar-refractivity contribution is -0.275. The van der Waals surface area contributed by atoms with Crippen LogP contribution < -0.4 is 9.47 Å². The summed E-state index contributed by atoms with van der Waals surface area (Å²) >= 11 is 0. The van der Waals surface area contributed by atoms with Gasteiger partial charge >= 0.3 is 6.36 Å². The van der Waals surface area contributed by atoms with Gasteiger partial charge in [-0.05, 0) is 12.5 Å². The third kappa shape index (κ3) is 2.85. The molecule has 0 aliphatic heterocycles. The molecule has 88 valence electrons. The van der Waals surface area contributed by atoms with Crippen molar-refractivity contribution in [3.05, 3.63) is 17.3 Å². The van der Waals surface area contributed by atoms with Gasteiger partial charge in [-0.15, -0.1) is 13.2 Å². The first-order chi connectivity index (χ1) is 7.37. The van der Waals surface area contributed by atoms with Gasteiger partial charge in [0.25, 0.3) is 0 Å². The van der Waals surface area contributed by atoms with Crippen LogP contribution in [0, 0.1) is 6.92 Å². The van der Waals surface area contributed by atoms with Crippen LogP contribution in [0.15, 0.2) is 6.07 Å². The summed E-state index contributed by atoms with van der Waals surface area (Å²) in [6, 6.07) is 1.24. The summed E-state index contributed by atoms with van der Waals surface area (Å²) < 4.78 is 44.5. The Bertz CT molecular complexity index is 404. The van der Waals surface area contributed by atoms with Crippen molar-refractivity contribution in [1.82, 2.24) is 4.98 Å². The van der Waals surface area contributed by atoms with Crippen LogP contribution in [-0.4, -0.2) is 24.7 Å². The van der Waals surface area contributed by atoms with Gasteiger partial charge in [-0.3, -0.25) is 4.79 Å². The number of ether oxygens (including phenoxy) is 2. The minimum Gasteiger partial charge on any atom is -0.481 e. The van der Waals surface area contributed by atoms with Gasteiger partial charge < -0.3 is 9.47 Å². The molecule has 0 fully saturated rings. The zero-order valence-corrected chi connectivity index (χ0v) is 8.46. The van der Waals surface area contributed by atoms with E-state index in [1.54, 1.807) is 0 Å². The molecule has 0 unspecified atom stereocenters. The van der Waals surface area contributed by atoms with Crippen LogP contribution in [0.25, 0.3) is 0 Å². The molecule has 4 nitrogen and oxygen atoms in total. The van der Waals surface area contributed by atoms with Crippen LogP contribution in [0.5, 0.6) is 11.6 Å². The number of alkyl halides is 3. The first-order valence-corrected chi connectivity index (χ1v) is 4.14. The molecule has 0 aliphatic carbocycles. The highest BCUT2D eigenvalue weighted by atomic mass is 19.4. The van der Waals surface area contributed by atoms with Crippen molar-refractivity contribution in [3.8, 4) is 11.6 Å². The third-order valence-corrected chi connectivity index (χ3v) is 1.70. The normalized spacial score (nSPS) is 11.1. The second kappa shape index (κ2) is 4.38. The van der Waals surface area contributed by atoms with E-state index in [1.807, 2.05) is 0 Å². The molecule has 0 bridgehead atoms. The zero-order chi connectivity index (χ0) is 12.3. The Labute approximate surface area is 89.0 Å². The minimum absolute atomic E-state index is 0.0501. The quantitative estimate of drug-likeness (QED) is 0.753. The molecule has 0 saturated heterocycles. The summed E-state index contributed by atoms with van der Waals surface area (Å²) in [5.74, 6) is -0.558. The number of hydrogen-bond acceptors (Lipinski definition) is 4. The van der Waals surface area contributed by atoms with E-state index < -0.39 is 17.8 Å². The zero-order valence-electron chi connectivity index (χ0n) is 8.46. The topological polar surface area (TPSA) is 48.4 Å². The molecule has 0 amide bonds. The van der Waals surface area contributed by atoms with Gasteiger partial charge in [-0.25, -0.2) is 4.98 Å². The number of aldehydes is 1. The van der Waals surface area contributed by atoms with Crippen molar-refractivity contribution in [2.24, 2.45) is 0 Å². The van der Waals surface area contributed by atoms with Crippen LogP contribution in [-0.2, 0) is 0 Å². The van der Waals surface area contributed by atoms with Gasteiger partial charge in [0.15, 0.2) is 12.0 Å². The Balaban J connectivity index is 3.22. The number of aryl methyl sites for hydroxylation is 1. The summed E-state index contributed by atoms with van der Waals surface area (Å²) in [5.41, 5.74) is -0.333. The summed E-state index contributed by atoms with van der Waals surface area (Å²) in [5, 5.41) is 0. The summed E-state index contributed by atoms with van der Waals surface area (Å²) in [6.07, 6.45) is -4.69. The van der Waals surface area contributed by atoms with Crippen LogP contribution in [0.4, 0.5) is 13.2 Å². The molecule has 1 heterocycles. The van der Waals surface area contributed by atoms with E-state index in [2.05, 4.69) is 9.72 Å². The van der Waals surface area contributed by atoms with Gasteiger partial charge in [-0.2, -0.15) is 0 Å². The highest BCUT2D eigenvalue weighted by Crippen LogP contribution is 2.30. The number of methoxy groups -OCH3 is 1. The fraction of sp³-hybridized carbons (Fsp3) is 0.333. The van der Waals surface area contributed by atoms with Gasteiger partial charge in [0, 0.05) is 6.07 Å². The molecule has 7 heteroatoms. The second-order valence-electron chi connectivity index (χ2n) is 2.86. The molecule has 16 heavy (non-hydrogen) atoms. The number of nitrogens with zero attached hydrogens (tertiary/aromatic N) is 1. The van der Waals surface area contributed by atoms with Crippen molar-refractivity contribution >= 4 is 6.29 Å². The number of hydrogen-bond donors (Lipinski definition) is 0. The number of carbonyl (C=O) groups is 1. The van der Waals surface area contributed by atoms with Crippen LogP contribution in [0.2, 0.25) is 0 Å². The minimum atomic E-state index is -4.86. The van der Waals surface area contributed by atoms with Crippen molar-refractivity contribution in [3.63, 3.8) is 0 Å². The van der Waals surface area contributed by atoms with E-state index in [0.29, 0.717) is 0 Å². The summed E-state index contributed by atoms with van der Waals surface area (Å²) in [6.45, 7) is 1.36. The molecule has 1 rings (SSSR count). The van der Waals surface area contributed by atoms with Crippen LogP contribution in [0.1, 0.15) is 16.1 Å². The molecular formula is C9H8F3NO3. The standard InChI is InChI=1S/C9H8F3NO3/c1-5-3-7(15-2)13-6(4-14)8(5)16-9(10,11)12/h3-4H,1-2H3. The average molecular weight is 235 g/mol. The largest absolute Gasteiger partial charge is 0.573 e. The molecule has 0 atom stereocenters. The highest BCUT2D eigenvalue weighted by molar-refractivity contribution is 5.77. The number of aromatic nitrogens is 1. The fourth-order valence-electron chi connectivity index (χ4n) is 1.09. The predicted octanol–water partition coefficient (Wildman–Crippen LogP) is 2.11. The second-order valence-corrected chi connectivity index (χ2v) is 2.86. The molecule has 0 aliphatic rings. The summed E-state index contributed by atoms with van der Waals surface area (Å²) in [7, 11) is 1.29. The van der Waals surface area contributed by atoms with E-state index in [0.717, 1.165) is 0 Å². The van der Waals surface area contributed by atoms with E-state index in [4.69, 9.17) is 4.74 Å². The molecule has 0 N–H and O–H groups in total. The smallest absolute Gasteiger partial charge is 0.481 e. The summed E-state index contributed by atoms with van der Waals surface area (Å²) in [4.78, 5) is 14.1. The highest BCUT2D eigenvalue weighted by Gasteiger charge is 2.33. The molecule has 1 aromatic heterocycles. The maximum absolute atomic E-state index is 12.0. The van der Waals surface area contributed by atoms with Gasteiger partial charge in [0.05, 0.1) is 7.11 Å². The SMILES string of the molecule is COc1cc(C)c(OC(F)(F)F)c(C=O)n1. The fourth-order valence-corrected chi connectivity index (χ4v) is 1.09. The Morgan fingerprint density at radius 1 is 1.44 bits per heavy atom. The van der Waals surface area contributed by atoms with Crippen molar-refractivity contribution in [2.75, 3.05) is 7.11 Å². The molecular weight excluding hydrogens is 227 g/mol. The lowest BCUT2D eigenvalue weighted by Crippen LogP contribution is -2.19. The predicted molar refractivity (Wildman–Crippen MR) is 47.6 cm³/mol. The van der Waals surface area contributed by atoms with Crippen molar-refractivity contribution < 1.29 is 27.4 Å². The van der Waals surface area contributed by atoms with Crippen LogP contribution in [0.3, 0.4) is 0 Å². The van der Waals surface area contributed by atoms with Gasteiger partial charge in [0.1, 0.15) is 5.69 Å². The Morgan fingerprint density at radius 2 is 2.06 bits per heavy atom. The monoisotopic (exact) mass is 235 g/mol. The van der Waals surface area contributed by atoms with E-state index in [1.165, 1.54) is 20.1 Å². The lowest BCUT2D eigenvalue weighted by Gasteiger charge is -2.13. The van der Waals surface area contributed by atoms with Crippen LogP contribution >= 0.6 is 0 Å².